The van der Waals surface area contributed by atoms with Gasteiger partial charge in [0.25, 0.3) is 0 Å². The van der Waals surface area contributed by atoms with Gasteiger partial charge < -0.3 is 32.5 Å². The zero-order valence-corrected chi connectivity index (χ0v) is 19.3. The van der Waals surface area contributed by atoms with Gasteiger partial charge >= 0.3 is 12.0 Å². The number of carboxylic acid groups (broad SMARTS) is 1. The molecule has 3 atom stereocenters. The molecule has 0 bridgehead atoms. The van der Waals surface area contributed by atoms with Gasteiger partial charge in [-0.2, -0.15) is 0 Å². The van der Waals surface area contributed by atoms with Gasteiger partial charge in [0.15, 0.2) is 0 Å². The van der Waals surface area contributed by atoms with Crippen molar-refractivity contribution in [1.29, 1.82) is 0 Å². The number of amides is 3. The van der Waals surface area contributed by atoms with E-state index in [1.165, 1.54) is 0 Å². The Labute approximate surface area is 200 Å². The van der Waals surface area contributed by atoms with Crippen LogP contribution < -0.4 is 27.4 Å². The zero-order chi connectivity index (χ0) is 24.8. The lowest BCUT2D eigenvalue weighted by Gasteiger charge is -2.22. The molecule has 0 aliphatic rings. The van der Waals surface area contributed by atoms with E-state index in [0.717, 1.165) is 11.1 Å². The van der Waals surface area contributed by atoms with E-state index < -0.39 is 30.0 Å². The lowest BCUT2D eigenvalue weighted by molar-refractivity contribution is -0.139. The minimum absolute atomic E-state index is 0.235. The molecule has 0 aromatic heterocycles. The largest absolute Gasteiger partial charge is 0.480 e. The first-order chi connectivity index (χ1) is 16.4. The molecule has 0 fully saturated rings. The van der Waals surface area contributed by atoms with Crippen LogP contribution in [-0.4, -0.2) is 54.2 Å². The summed E-state index contributed by atoms with van der Waals surface area (Å²) in [5.74, 6) is -1.53. The lowest BCUT2D eigenvalue weighted by Crippen LogP contribution is -2.55. The first-order valence-corrected chi connectivity index (χ1v) is 11.5. The van der Waals surface area contributed by atoms with Crippen molar-refractivity contribution in [2.24, 2.45) is 11.5 Å². The molecule has 9 nitrogen and oxygen atoms in total. The van der Waals surface area contributed by atoms with E-state index in [2.05, 4.69) is 16.0 Å². The lowest BCUT2D eigenvalue weighted by atomic mass is 10.0. The topological polar surface area (TPSA) is 160 Å². The zero-order valence-electron chi connectivity index (χ0n) is 19.3. The summed E-state index contributed by atoms with van der Waals surface area (Å²) < 4.78 is 0. The molecular weight excluding hydrogens is 434 g/mol. The van der Waals surface area contributed by atoms with E-state index in [1.807, 2.05) is 60.7 Å². The van der Waals surface area contributed by atoms with Gasteiger partial charge in [0.1, 0.15) is 12.1 Å². The molecule has 0 saturated carbocycles. The van der Waals surface area contributed by atoms with Crippen LogP contribution in [0.3, 0.4) is 0 Å². The second-order valence-electron chi connectivity index (χ2n) is 8.23. The van der Waals surface area contributed by atoms with Gasteiger partial charge in [-0.3, -0.25) is 4.79 Å². The summed E-state index contributed by atoms with van der Waals surface area (Å²) in [6.45, 7) is 0.684. The highest BCUT2D eigenvalue weighted by molar-refractivity contribution is 5.89. The molecule has 0 aliphatic heterocycles. The summed E-state index contributed by atoms with van der Waals surface area (Å²) in [5, 5.41) is 17.3. The number of benzene rings is 2. The van der Waals surface area contributed by atoms with Crippen molar-refractivity contribution in [3.05, 3.63) is 71.8 Å². The molecule has 184 valence electrons. The average Bonchev–Trinajstić information content (AvgIpc) is 2.83. The highest BCUT2D eigenvalue weighted by Gasteiger charge is 2.25. The summed E-state index contributed by atoms with van der Waals surface area (Å²) in [4.78, 5) is 37.0. The minimum Gasteiger partial charge on any atom is -0.480 e. The Morgan fingerprint density at radius 2 is 1.38 bits per heavy atom. The third-order valence-corrected chi connectivity index (χ3v) is 5.33. The molecule has 0 spiro atoms. The number of aliphatic carboxylic acids is 1. The Bertz CT molecular complexity index is 895. The smallest absolute Gasteiger partial charge is 0.326 e. The third kappa shape index (κ3) is 10.0. The maximum Gasteiger partial charge on any atom is 0.326 e. The molecule has 0 unspecified atom stereocenters. The van der Waals surface area contributed by atoms with Crippen LogP contribution in [0, 0.1) is 0 Å². The van der Waals surface area contributed by atoms with Gasteiger partial charge in [0.05, 0.1) is 0 Å². The summed E-state index contributed by atoms with van der Waals surface area (Å²) in [7, 11) is 0. The molecule has 3 amide bonds. The highest BCUT2D eigenvalue weighted by atomic mass is 16.4. The van der Waals surface area contributed by atoms with Gasteiger partial charge in [0.2, 0.25) is 5.91 Å². The van der Waals surface area contributed by atoms with Crippen LogP contribution in [0.1, 0.15) is 30.4 Å². The molecule has 0 heterocycles. The number of urea groups is 1. The molecule has 9 heteroatoms. The summed E-state index contributed by atoms with van der Waals surface area (Å²) >= 11 is 0. The first kappa shape index (κ1) is 26.8. The molecule has 0 saturated heterocycles. The number of hydrogen-bond acceptors (Lipinski definition) is 5. The average molecular weight is 470 g/mol. The van der Waals surface area contributed by atoms with Gasteiger partial charge in [-0.05, 0) is 43.4 Å². The monoisotopic (exact) mass is 469 g/mol. The van der Waals surface area contributed by atoms with E-state index in [0.29, 0.717) is 25.8 Å². The number of nitrogens with one attached hydrogen (secondary N) is 3. The number of rotatable bonds is 14. The van der Waals surface area contributed by atoms with Crippen LogP contribution in [0.4, 0.5) is 4.79 Å². The van der Waals surface area contributed by atoms with Crippen LogP contribution in [0.15, 0.2) is 60.7 Å². The van der Waals surface area contributed by atoms with Crippen molar-refractivity contribution in [2.75, 3.05) is 13.1 Å². The third-order valence-electron chi connectivity index (χ3n) is 5.33. The van der Waals surface area contributed by atoms with Gasteiger partial charge in [-0.15, -0.1) is 0 Å². The van der Waals surface area contributed by atoms with Crippen molar-refractivity contribution >= 4 is 17.9 Å². The van der Waals surface area contributed by atoms with Crippen molar-refractivity contribution in [1.82, 2.24) is 16.0 Å². The molecule has 2 rings (SSSR count). The van der Waals surface area contributed by atoms with Crippen LogP contribution >= 0.6 is 0 Å². The molecule has 34 heavy (non-hydrogen) atoms. The standard InChI is InChI=1S/C25H35N5O4/c26-14-8-7-13-21(24(32)33)29-25(34)30-22(16-19-11-5-2-6-12-19)23(31)28-17-20(27)15-18-9-3-1-4-10-18/h1-6,9-12,20-22H,7-8,13-17,26-27H2,(H,28,31)(H,32,33)(H2,29,30,34)/t20-,21+,22+/m1/s1. The summed E-state index contributed by atoms with van der Waals surface area (Å²) in [5.41, 5.74) is 13.6. The van der Waals surface area contributed by atoms with E-state index >= 15 is 0 Å². The minimum atomic E-state index is -1.14. The van der Waals surface area contributed by atoms with E-state index in [-0.39, 0.29) is 25.4 Å². The van der Waals surface area contributed by atoms with Crippen molar-refractivity contribution in [3.63, 3.8) is 0 Å². The summed E-state index contributed by atoms with van der Waals surface area (Å²) in [6, 6.07) is 16.0. The van der Waals surface area contributed by atoms with E-state index in [9.17, 15) is 19.5 Å². The van der Waals surface area contributed by atoms with Crippen LogP contribution in [0.5, 0.6) is 0 Å². The van der Waals surface area contributed by atoms with Crippen LogP contribution in [0.25, 0.3) is 0 Å². The normalized spacial score (nSPS) is 13.4. The van der Waals surface area contributed by atoms with Crippen molar-refractivity contribution in [3.8, 4) is 0 Å². The highest BCUT2D eigenvalue weighted by Crippen LogP contribution is 2.06. The Hall–Kier alpha value is -3.43. The summed E-state index contributed by atoms with van der Waals surface area (Å²) in [6.07, 6.45) is 2.33. The number of carboxylic acids is 1. The molecule has 2 aromatic carbocycles. The van der Waals surface area contributed by atoms with Gasteiger partial charge in [-0.1, -0.05) is 60.7 Å². The fraction of sp³-hybridized carbons (Fsp3) is 0.400. The second-order valence-corrected chi connectivity index (χ2v) is 8.23. The molecular formula is C25H35N5O4. The number of carbonyl (C=O) groups is 3. The first-order valence-electron chi connectivity index (χ1n) is 11.5. The van der Waals surface area contributed by atoms with Gasteiger partial charge in [-0.25, -0.2) is 9.59 Å². The second kappa shape index (κ2) is 14.7. The number of nitrogens with two attached hydrogens (primary N) is 2. The number of hydrogen-bond donors (Lipinski definition) is 6. The fourth-order valence-electron chi connectivity index (χ4n) is 3.51. The predicted octanol–water partition coefficient (Wildman–Crippen LogP) is 1.17. The Morgan fingerprint density at radius 3 is 1.94 bits per heavy atom. The Morgan fingerprint density at radius 1 is 0.824 bits per heavy atom. The van der Waals surface area contributed by atoms with Gasteiger partial charge in [0, 0.05) is 19.0 Å². The SMILES string of the molecule is NCCCC[C@H](NC(=O)N[C@@H](Cc1ccccc1)C(=O)NC[C@H](N)Cc1ccccc1)C(=O)O. The van der Waals surface area contributed by atoms with Crippen LogP contribution in [-0.2, 0) is 22.4 Å². The number of unbranched alkanes of at least 4 members (excludes halogenated alkanes) is 1. The Kier molecular flexibility index (Phi) is 11.6. The molecule has 0 radical (unpaired) electrons. The Balaban J connectivity index is 1.98. The predicted molar refractivity (Wildman–Crippen MR) is 131 cm³/mol. The van der Waals surface area contributed by atoms with Crippen LogP contribution in [0.2, 0.25) is 0 Å². The molecule has 2 aromatic rings. The maximum atomic E-state index is 12.9. The number of carbonyl (C=O) groups excluding carboxylic acids is 2. The van der Waals surface area contributed by atoms with Crippen molar-refractivity contribution < 1.29 is 19.5 Å². The van der Waals surface area contributed by atoms with E-state index in [4.69, 9.17) is 11.5 Å². The van der Waals surface area contributed by atoms with E-state index in [1.54, 1.807) is 0 Å². The van der Waals surface area contributed by atoms with Crippen molar-refractivity contribution in [2.45, 2.75) is 50.2 Å². The quantitative estimate of drug-likeness (QED) is 0.228. The maximum absolute atomic E-state index is 12.9. The fourth-order valence-corrected chi connectivity index (χ4v) is 3.51. The molecule has 0 aliphatic carbocycles. The molecule has 8 N–H and O–H groups in total.